The molecule has 3 rings (SSSR count). The van der Waals surface area contributed by atoms with Crippen LogP contribution in [0.2, 0.25) is 5.02 Å². The number of nitrogens with one attached hydrogen (secondary N) is 1. The number of halogens is 4. The van der Waals surface area contributed by atoms with Crippen molar-refractivity contribution in [3.63, 3.8) is 0 Å². The molecule has 0 saturated carbocycles. The highest BCUT2D eigenvalue weighted by atomic mass is 35.5. The molecule has 0 aliphatic heterocycles. The number of anilines is 4. The van der Waals surface area contributed by atoms with E-state index in [1.807, 2.05) is 42.2 Å². The van der Waals surface area contributed by atoms with Gasteiger partial charge in [0.05, 0.1) is 16.8 Å². The number of benzene rings is 2. The van der Waals surface area contributed by atoms with Crippen LogP contribution in [-0.4, -0.2) is 21.7 Å². The molecule has 1 N–H and O–H groups in total. The second-order valence-corrected chi connectivity index (χ2v) is 5.95. The molecule has 1 heterocycles. The zero-order valence-electron chi connectivity index (χ0n) is 14.2. The van der Waals surface area contributed by atoms with Gasteiger partial charge in [0.25, 0.3) is 5.95 Å². The van der Waals surface area contributed by atoms with Crippen molar-refractivity contribution in [3.8, 4) is 0 Å². The number of nitrogens with zero attached hydrogens (tertiary/aromatic N) is 4. The topological polar surface area (TPSA) is 53.9 Å². The fourth-order valence-corrected chi connectivity index (χ4v) is 2.71. The van der Waals surface area contributed by atoms with E-state index >= 15 is 0 Å². The van der Waals surface area contributed by atoms with Crippen LogP contribution in [0.3, 0.4) is 0 Å². The first-order valence-electron chi connectivity index (χ1n) is 8.04. The van der Waals surface area contributed by atoms with Gasteiger partial charge in [0.15, 0.2) is 5.82 Å². The molecule has 0 amide bonds. The second kappa shape index (κ2) is 7.79. The van der Waals surface area contributed by atoms with Gasteiger partial charge in [0, 0.05) is 17.9 Å². The Kier molecular flexibility index (Phi) is 5.46. The standard InChI is InChI=1S/C18H15ClF3N5/c1-2-27(13-6-4-3-5-7-13)17-25-16(11-23-26-17)24-12-8-9-15(19)14(10-12)18(20,21)22/h3-11H,2H2,1H3,(H,24,25,26). The van der Waals surface area contributed by atoms with Crippen molar-refractivity contribution in [1.29, 1.82) is 0 Å². The minimum atomic E-state index is -4.55. The number of aromatic nitrogens is 3. The molecule has 0 bridgehead atoms. The lowest BCUT2D eigenvalue weighted by molar-refractivity contribution is -0.137. The van der Waals surface area contributed by atoms with Crippen LogP contribution in [-0.2, 0) is 6.18 Å². The Morgan fingerprint density at radius 3 is 2.52 bits per heavy atom. The van der Waals surface area contributed by atoms with Crippen LogP contribution in [0.4, 0.5) is 36.3 Å². The van der Waals surface area contributed by atoms with Gasteiger partial charge in [-0.25, -0.2) is 0 Å². The van der Waals surface area contributed by atoms with E-state index < -0.39 is 11.7 Å². The summed E-state index contributed by atoms with van der Waals surface area (Å²) in [7, 11) is 0. The van der Waals surface area contributed by atoms with E-state index in [0.29, 0.717) is 12.5 Å². The van der Waals surface area contributed by atoms with Crippen molar-refractivity contribution in [2.75, 3.05) is 16.8 Å². The Balaban J connectivity index is 1.88. The normalized spacial score (nSPS) is 11.3. The molecule has 140 valence electrons. The van der Waals surface area contributed by atoms with Gasteiger partial charge in [0.1, 0.15) is 0 Å². The maximum absolute atomic E-state index is 13.0. The third-order valence-corrected chi connectivity index (χ3v) is 4.05. The lowest BCUT2D eigenvalue weighted by Crippen LogP contribution is -2.19. The van der Waals surface area contributed by atoms with Gasteiger partial charge < -0.3 is 10.2 Å². The monoisotopic (exact) mass is 393 g/mol. The molecule has 0 aliphatic carbocycles. The first-order valence-corrected chi connectivity index (χ1v) is 8.42. The summed E-state index contributed by atoms with van der Waals surface area (Å²) in [5.74, 6) is 0.600. The number of para-hydroxylation sites is 1. The van der Waals surface area contributed by atoms with Gasteiger partial charge in [-0.15, -0.1) is 5.10 Å². The predicted molar refractivity (Wildman–Crippen MR) is 98.7 cm³/mol. The van der Waals surface area contributed by atoms with Gasteiger partial charge in [-0.1, -0.05) is 29.8 Å². The second-order valence-electron chi connectivity index (χ2n) is 5.54. The molecule has 0 fully saturated rings. The summed E-state index contributed by atoms with van der Waals surface area (Å²) in [6.07, 6.45) is -3.21. The van der Waals surface area contributed by atoms with E-state index in [1.165, 1.54) is 18.3 Å². The van der Waals surface area contributed by atoms with Crippen molar-refractivity contribution in [2.45, 2.75) is 13.1 Å². The molecule has 3 aromatic rings. The number of hydrogen-bond acceptors (Lipinski definition) is 5. The Morgan fingerprint density at radius 2 is 1.85 bits per heavy atom. The molecule has 1 aromatic heterocycles. The average molecular weight is 394 g/mol. The molecular weight excluding hydrogens is 379 g/mol. The summed E-state index contributed by atoms with van der Waals surface area (Å²) in [4.78, 5) is 6.19. The van der Waals surface area contributed by atoms with E-state index in [2.05, 4.69) is 20.5 Å². The van der Waals surface area contributed by atoms with Crippen LogP contribution in [0.25, 0.3) is 0 Å². The molecule has 0 saturated heterocycles. The van der Waals surface area contributed by atoms with Crippen LogP contribution in [0.15, 0.2) is 54.7 Å². The van der Waals surface area contributed by atoms with Gasteiger partial charge in [-0.2, -0.15) is 23.3 Å². The third kappa shape index (κ3) is 4.46. The lowest BCUT2D eigenvalue weighted by atomic mass is 10.2. The molecule has 5 nitrogen and oxygen atoms in total. The highest BCUT2D eigenvalue weighted by Gasteiger charge is 2.33. The van der Waals surface area contributed by atoms with Crippen LogP contribution >= 0.6 is 11.6 Å². The molecule has 0 radical (unpaired) electrons. The molecule has 0 spiro atoms. The molecule has 9 heteroatoms. The highest BCUT2D eigenvalue weighted by molar-refractivity contribution is 6.31. The van der Waals surface area contributed by atoms with Crippen molar-refractivity contribution in [2.24, 2.45) is 0 Å². The molecule has 0 aliphatic rings. The van der Waals surface area contributed by atoms with E-state index in [1.54, 1.807) is 0 Å². The summed E-state index contributed by atoms with van der Waals surface area (Å²) < 4.78 is 39.0. The maximum atomic E-state index is 13.0. The fraction of sp³-hybridized carbons (Fsp3) is 0.167. The Hall–Kier alpha value is -2.87. The van der Waals surface area contributed by atoms with E-state index in [0.717, 1.165) is 11.8 Å². The Bertz CT molecular complexity index is 918. The zero-order chi connectivity index (χ0) is 19.4. The first kappa shape index (κ1) is 18.9. The van der Waals surface area contributed by atoms with Gasteiger partial charge >= 0.3 is 6.18 Å². The third-order valence-electron chi connectivity index (χ3n) is 3.72. The fourth-order valence-electron chi connectivity index (χ4n) is 2.48. The number of hydrogen-bond donors (Lipinski definition) is 1. The highest BCUT2D eigenvalue weighted by Crippen LogP contribution is 2.36. The van der Waals surface area contributed by atoms with Gasteiger partial charge in [-0.3, -0.25) is 0 Å². The summed E-state index contributed by atoms with van der Waals surface area (Å²) >= 11 is 5.64. The van der Waals surface area contributed by atoms with Crippen molar-refractivity contribution >= 4 is 34.7 Å². The quantitative estimate of drug-likeness (QED) is 0.625. The van der Waals surface area contributed by atoms with Gasteiger partial charge in [0.2, 0.25) is 0 Å². The number of alkyl halides is 3. The smallest absolute Gasteiger partial charge is 0.339 e. The zero-order valence-corrected chi connectivity index (χ0v) is 15.0. The summed E-state index contributed by atoms with van der Waals surface area (Å²) in [5.41, 5.74) is 0.154. The Labute approximate surface area is 158 Å². The SMILES string of the molecule is CCN(c1ccccc1)c1nncc(Nc2ccc(Cl)c(C(F)(F)F)c2)n1. The lowest BCUT2D eigenvalue weighted by Gasteiger charge is -2.20. The number of rotatable bonds is 5. The average Bonchev–Trinajstić information content (AvgIpc) is 2.64. The summed E-state index contributed by atoms with van der Waals surface area (Å²) in [6.45, 7) is 2.53. The van der Waals surface area contributed by atoms with E-state index in [9.17, 15) is 13.2 Å². The van der Waals surface area contributed by atoms with Crippen molar-refractivity contribution in [3.05, 3.63) is 65.3 Å². The van der Waals surface area contributed by atoms with Crippen LogP contribution in [0.5, 0.6) is 0 Å². The van der Waals surface area contributed by atoms with Crippen molar-refractivity contribution in [1.82, 2.24) is 15.2 Å². The van der Waals surface area contributed by atoms with Crippen LogP contribution in [0, 0.1) is 0 Å². The van der Waals surface area contributed by atoms with Crippen molar-refractivity contribution < 1.29 is 13.2 Å². The molecule has 0 unspecified atom stereocenters. The maximum Gasteiger partial charge on any atom is 0.417 e. The summed E-state index contributed by atoms with van der Waals surface area (Å²) in [6, 6.07) is 13.0. The Morgan fingerprint density at radius 1 is 1.11 bits per heavy atom. The molecular formula is C18H15ClF3N5. The minimum Gasteiger partial charge on any atom is -0.339 e. The predicted octanol–water partition coefficient (Wildman–Crippen LogP) is 5.45. The van der Waals surface area contributed by atoms with Crippen LogP contribution < -0.4 is 10.2 Å². The van der Waals surface area contributed by atoms with Gasteiger partial charge in [-0.05, 0) is 37.3 Å². The van der Waals surface area contributed by atoms with Crippen LogP contribution in [0.1, 0.15) is 12.5 Å². The largest absolute Gasteiger partial charge is 0.417 e. The molecule has 2 aromatic carbocycles. The van der Waals surface area contributed by atoms with E-state index in [4.69, 9.17) is 11.6 Å². The molecule has 0 atom stereocenters. The van der Waals surface area contributed by atoms with E-state index in [-0.39, 0.29) is 16.5 Å². The molecule has 27 heavy (non-hydrogen) atoms. The first-order chi connectivity index (χ1) is 12.9. The minimum absolute atomic E-state index is 0.195. The summed E-state index contributed by atoms with van der Waals surface area (Å²) in [5, 5.41) is 10.4.